The zero-order chi connectivity index (χ0) is 23.3. The van der Waals surface area contributed by atoms with Crippen molar-refractivity contribution in [3.05, 3.63) is 18.2 Å². The van der Waals surface area contributed by atoms with E-state index in [1.807, 2.05) is 0 Å². The molecule has 178 valence electrons. The summed E-state index contributed by atoms with van der Waals surface area (Å²) in [5.41, 5.74) is 0. The number of fused-ring (bicyclic) bond motifs is 1. The van der Waals surface area contributed by atoms with E-state index in [1.165, 1.54) is 25.1 Å². The van der Waals surface area contributed by atoms with Gasteiger partial charge in [-0.3, -0.25) is 9.59 Å². The first kappa shape index (κ1) is 24.3. The monoisotopic (exact) mass is 468 g/mol. The van der Waals surface area contributed by atoms with Gasteiger partial charge in [0.2, 0.25) is 10.0 Å². The number of amides is 1. The van der Waals surface area contributed by atoms with Crippen molar-refractivity contribution in [2.75, 3.05) is 19.8 Å². The van der Waals surface area contributed by atoms with Crippen LogP contribution in [0.15, 0.2) is 23.1 Å². The molecule has 0 bridgehead atoms. The Morgan fingerprint density at radius 2 is 1.88 bits per heavy atom. The Kier molecular flexibility index (Phi) is 8.00. The fourth-order valence-electron chi connectivity index (χ4n) is 3.96. The third kappa shape index (κ3) is 6.13. The van der Waals surface area contributed by atoms with Crippen LogP contribution in [0.3, 0.4) is 0 Å². The van der Waals surface area contributed by atoms with Gasteiger partial charge in [-0.15, -0.1) is 0 Å². The van der Waals surface area contributed by atoms with Crippen molar-refractivity contribution in [2.45, 2.75) is 63.5 Å². The summed E-state index contributed by atoms with van der Waals surface area (Å²) in [4.78, 5) is 24.5. The largest absolute Gasteiger partial charge is 0.486 e. The lowest BCUT2D eigenvalue weighted by Crippen LogP contribution is -2.47. The number of hydrogen-bond donors (Lipinski definition) is 2. The van der Waals surface area contributed by atoms with E-state index >= 15 is 0 Å². The molecule has 1 aromatic rings. The van der Waals surface area contributed by atoms with Gasteiger partial charge in [-0.25, -0.2) is 13.1 Å². The normalized spacial score (nSPS) is 23.8. The molecule has 2 N–H and O–H groups in total. The van der Waals surface area contributed by atoms with Gasteiger partial charge in [-0.2, -0.15) is 0 Å². The first-order valence-corrected chi connectivity index (χ1v) is 12.5. The predicted octanol–water partition coefficient (Wildman–Crippen LogP) is 2.00. The summed E-state index contributed by atoms with van der Waals surface area (Å²) < 4.78 is 43.3. The Bertz CT molecular complexity index is 934. The lowest BCUT2D eigenvalue weighted by molar-refractivity contribution is -0.155. The third-order valence-electron chi connectivity index (χ3n) is 6.16. The summed E-state index contributed by atoms with van der Waals surface area (Å²) in [6.45, 7) is 6.43. The van der Waals surface area contributed by atoms with Crippen molar-refractivity contribution in [3.63, 3.8) is 0 Å². The van der Waals surface area contributed by atoms with E-state index < -0.39 is 22.1 Å². The second kappa shape index (κ2) is 10.5. The number of ether oxygens (including phenoxy) is 3. The Hall–Kier alpha value is -2.33. The molecular formula is C22H32N2O7S. The SMILES string of the molecule is C[C@@H]1[C@H](C)CCC[C@H]1NC(=O)[C@@H](C)OC(=O)CCNS(=O)(=O)c1ccc2c(c1)OCCO2. The van der Waals surface area contributed by atoms with Crippen LogP contribution < -0.4 is 19.5 Å². The molecule has 2 aliphatic rings. The molecule has 1 heterocycles. The quantitative estimate of drug-likeness (QED) is 0.560. The topological polar surface area (TPSA) is 120 Å². The first-order chi connectivity index (χ1) is 15.2. The molecule has 0 saturated heterocycles. The lowest BCUT2D eigenvalue weighted by atomic mass is 9.78. The zero-order valence-corrected chi connectivity index (χ0v) is 19.6. The molecule has 0 radical (unpaired) electrons. The van der Waals surface area contributed by atoms with Crippen molar-refractivity contribution in [1.82, 2.24) is 10.0 Å². The summed E-state index contributed by atoms with van der Waals surface area (Å²) in [5.74, 6) is 0.770. The van der Waals surface area contributed by atoms with Crippen molar-refractivity contribution >= 4 is 21.9 Å². The van der Waals surface area contributed by atoms with E-state index in [2.05, 4.69) is 23.9 Å². The van der Waals surface area contributed by atoms with Gasteiger partial charge in [0.1, 0.15) is 13.2 Å². The fraction of sp³-hybridized carbons (Fsp3) is 0.636. The Labute approximate surface area is 189 Å². The van der Waals surface area contributed by atoms with Crippen molar-refractivity contribution in [3.8, 4) is 11.5 Å². The Morgan fingerprint density at radius 1 is 1.16 bits per heavy atom. The molecule has 3 rings (SSSR count). The maximum Gasteiger partial charge on any atom is 0.307 e. The van der Waals surface area contributed by atoms with Gasteiger partial charge < -0.3 is 19.5 Å². The Balaban J connectivity index is 1.44. The fourth-order valence-corrected chi connectivity index (χ4v) is 5.00. The van der Waals surface area contributed by atoms with E-state index in [4.69, 9.17) is 14.2 Å². The molecule has 9 nitrogen and oxygen atoms in total. The number of nitrogens with one attached hydrogen (secondary N) is 2. The van der Waals surface area contributed by atoms with Crippen LogP contribution in [0.2, 0.25) is 0 Å². The summed E-state index contributed by atoms with van der Waals surface area (Å²) in [7, 11) is -3.84. The predicted molar refractivity (Wildman–Crippen MR) is 117 cm³/mol. The number of rotatable bonds is 8. The first-order valence-electron chi connectivity index (χ1n) is 11.1. The number of hydrogen-bond acceptors (Lipinski definition) is 7. The van der Waals surface area contributed by atoms with Crippen LogP contribution >= 0.6 is 0 Å². The number of benzene rings is 1. The van der Waals surface area contributed by atoms with Gasteiger partial charge in [0, 0.05) is 18.7 Å². The van der Waals surface area contributed by atoms with Crippen LogP contribution in [0.25, 0.3) is 0 Å². The van der Waals surface area contributed by atoms with Crippen LogP contribution in [0.1, 0.15) is 46.5 Å². The van der Waals surface area contributed by atoms with Crippen LogP contribution in [0, 0.1) is 11.8 Å². The van der Waals surface area contributed by atoms with Gasteiger partial charge in [0.25, 0.3) is 5.91 Å². The van der Waals surface area contributed by atoms with Crippen molar-refractivity contribution < 1.29 is 32.2 Å². The van der Waals surface area contributed by atoms with Crippen molar-refractivity contribution in [1.29, 1.82) is 0 Å². The average Bonchev–Trinajstić information content (AvgIpc) is 2.76. The molecule has 1 saturated carbocycles. The summed E-state index contributed by atoms with van der Waals surface area (Å²) in [6, 6.07) is 4.40. The number of carbonyl (C=O) groups excluding carboxylic acids is 2. The van der Waals surface area contributed by atoms with Gasteiger partial charge >= 0.3 is 5.97 Å². The van der Waals surface area contributed by atoms with Gasteiger partial charge in [-0.05, 0) is 37.3 Å². The molecule has 0 unspecified atom stereocenters. The maximum atomic E-state index is 12.5. The summed E-state index contributed by atoms with van der Waals surface area (Å²) >= 11 is 0. The summed E-state index contributed by atoms with van der Waals surface area (Å²) in [6.07, 6.45) is 1.99. The lowest BCUT2D eigenvalue weighted by Gasteiger charge is -2.35. The molecule has 1 amide bonds. The summed E-state index contributed by atoms with van der Waals surface area (Å²) in [5, 5.41) is 2.98. The van der Waals surface area contributed by atoms with E-state index in [9.17, 15) is 18.0 Å². The third-order valence-corrected chi connectivity index (χ3v) is 7.62. The van der Waals surface area contributed by atoms with E-state index in [-0.39, 0.29) is 29.8 Å². The number of esters is 1. The standard InChI is InChI=1S/C22H32N2O7S/c1-14-5-4-6-18(15(14)2)24-22(26)16(3)31-21(25)9-10-23-32(27,28)17-7-8-19-20(13-17)30-12-11-29-19/h7-8,13-16,18,23H,4-6,9-12H2,1-3H3,(H,24,26)/t14-,15-,16-,18-/m1/s1. The molecule has 1 aliphatic carbocycles. The number of carbonyl (C=O) groups is 2. The zero-order valence-electron chi connectivity index (χ0n) is 18.8. The molecule has 1 fully saturated rings. The highest BCUT2D eigenvalue weighted by molar-refractivity contribution is 7.89. The van der Waals surface area contributed by atoms with E-state index in [1.54, 1.807) is 0 Å². The molecule has 1 aromatic carbocycles. The highest BCUT2D eigenvalue weighted by atomic mass is 32.2. The molecule has 10 heteroatoms. The van der Waals surface area contributed by atoms with Crippen LogP contribution in [0.5, 0.6) is 11.5 Å². The smallest absolute Gasteiger partial charge is 0.307 e. The van der Waals surface area contributed by atoms with Crippen LogP contribution in [0.4, 0.5) is 0 Å². The average molecular weight is 469 g/mol. The number of sulfonamides is 1. The second-order valence-electron chi connectivity index (χ2n) is 8.47. The highest BCUT2D eigenvalue weighted by Crippen LogP contribution is 2.32. The molecule has 0 spiro atoms. The molecule has 32 heavy (non-hydrogen) atoms. The van der Waals surface area contributed by atoms with Crippen molar-refractivity contribution in [2.24, 2.45) is 11.8 Å². The molecule has 4 atom stereocenters. The van der Waals surface area contributed by atoms with Crippen LogP contribution in [-0.2, 0) is 24.3 Å². The van der Waals surface area contributed by atoms with Gasteiger partial charge in [-0.1, -0.05) is 26.7 Å². The molecule has 0 aromatic heterocycles. The van der Waals surface area contributed by atoms with Gasteiger partial charge in [0.05, 0.1) is 11.3 Å². The molecule has 1 aliphatic heterocycles. The molecular weight excluding hydrogens is 436 g/mol. The minimum atomic E-state index is -3.84. The second-order valence-corrected chi connectivity index (χ2v) is 10.2. The van der Waals surface area contributed by atoms with E-state index in [0.29, 0.717) is 36.5 Å². The van der Waals surface area contributed by atoms with Gasteiger partial charge in [0.15, 0.2) is 17.6 Å². The minimum absolute atomic E-state index is 0.0127. The van der Waals surface area contributed by atoms with E-state index in [0.717, 1.165) is 19.3 Å². The maximum absolute atomic E-state index is 12.5. The highest BCUT2D eigenvalue weighted by Gasteiger charge is 2.30. The Morgan fingerprint density at radius 3 is 2.62 bits per heavy atom. The minimum Gasteiger partial charge on any atom is -0.486 e. The van der Waals surface area contributed by atoms with Crippen LogP contribution in [-0.4, -0.2) is 52.2 Å².